The number of carbonyl (C=O) groups is 2. The van der Waals surface area contributed by atoms with Crippen molar-refractivity contribution in [3.05, 3.63) is 64.6 Å². The lowest BCUT2D eigenvalue weighted by molar-refractivity contribution is -0.112. The van der Waals surface area contributed by atoms with E-state index >= 15 is 0 Å². The second kappa shape index (κ2) is 8.00. The van der Waals surface area contributed by atoms with Crippen LogP contribution in [0.5, 0.6) is 0 Å². The minimum atomic E-state index is -0.144. The van der Waals surface area contributed by atoms with Gasteiger partial charge in [-0.05, 0) is 35.9 Å². The van der Waals surface area contributed by atoms with Gasteiger partial charge in [-0.2, -0.15) is 0 Å². The number of methoxy groups -OCH3 is 1. The fraction of sp³-hybridized carbons (Fsp3) is 0.158. The topological polar surface area (TPSA) is 67.4 Å². The molecule has 2 aromatic carbocycles. The zero-order chi connectivity index (χ0) is 17.6. The van der Waals surface area contributed by atoms with Gasteiger partial charge in [0.25, 0.3) is 11.8 Å². The van der Waals surface area contributed by atoms with Gasteiger partial charge in [0, 0.05) is 24.1 Å². The molecule has 0 saturated heterocycles. The molecule has 2 N–H and O–H groups in total. The van der Waals surface area contributed by atoms with Gasteiger partial charge in [-0.15, -0.1) is 0 Å². The van der Waals surface area contributed by atoms with Crippen molar-refractivity contribution in [2.45, 2.75) is 4.90 Å². The zero-order valence-corrected chi connectivity index (χ0v) is 14.6. The second-order valence-electron chi connectivity index (χ2n) is 5.43. The van der Waals surface area contributed by atoms with Crippen molar-refractivity contribution in [2.24, 2.45) is 0 Å². The average Bonchev–Trinajstić information content (AvgIpc) is 2.63. The van der Waals surface area contributed by atoms with Crippen molar-refractivity contribution in [1.82, 2.24) is 5.32 Å². The fourth-order valence-corrected chi connectivity index (χ4v) is 3.30. The number of nitrogens with one attached hydrogen (secondary N) is 2. The van der Waals surface area contributed by atoms with Crippen LogP contribution >= 0.6 is 11.8 Å². The molecule has 5 nitrogen and oxygen atoms in total. The molecule has 0 bridgehead atoms. The second-order valence-corrected chi connectivity index (χ2v) is 6.52. The van der Waals surface area contributed by atoms with Crippen LogP contribution in [0.1, 0.15) is 15.9 Å². The van der Waals surface area contributed by atoms with Crippen molar-refractivity contribution in [2.75, 3.05) is 25.6 Å². The van der Waals surface area contributed by atoms with Crippen LogP contribution in [-0.4, -0.2) is 32.1 Å². The normalized spacial score (nSPS) is 14.8. The maximum Gasteiger partial charge on any atom is 0.262 e. The number of fused-ring (bicyclic) bond motifs is 1. The third-order valence-electron chi connectivity index (χ3n) is 3.64. The number of amides is 2. The number of hydrogen-bond acceptors (Lipinski definition) is 4. The van der Waals surface area contributed by atoms with Gasteiger partial charge in [-0.25, -0.2) is 0 Å². The summed E-state index contributed by atoms with van der Waals surface area (Å²) in [6.45, 7) is 0.946. The molecule has 1 heterocycles. The Balaban J connectivity index is 1.72. The molecule has 0 aliphatic carbocycles. The standard InChI is InChI=1S/C19H18N2O3S/c1-24-11-10-20-18(22)14-8-6-13(7-9-14)12-17-19(23)21-15-4-2-3-5-16(15)25-17/h2-9,12H,10-11H2,1H3,(H,20,22)(H,21,23). The minimum Gasteiger partial charge on any atom is -0.383 e. The van der Waals surface area contributed by atoms with Crippen LogP contribution in [0.15, 0.2) is 58.3 Å². The summed E-state index contributed by atoms with van der Waals surface area (Å²) in [6, 6.07) is 14.8. The summed E-state index contributed by atoms with van der Waals surface area (Å²) in [7, 11) is 1.59. The molecule has 0 saturated carbocycles. The number of anilines is 1. The molecule has 6 heteroatoms. The van der Waals surface area contributed by atoms with E-state index in [0.717, 1.165) is 16.1 Å². The predicted molar refractivity (Wildman–Crippen MR) is 99.6 cm³/mol. The van der Waals surface area contributed by atoms with E-state index in [9.17, 15) is 9.59 Å². The Morgan fingerprint density at radius 2 is 1.96 bits per heavy atom. The molecule has 0 fully saturated rings. The summed E-state index contributed by atoms with van der Waals surface area (Å²) in [4.78, 5) is 25.8. The molecule has 128 valence electrons. The van der Waals surface area contributed by atoms with Gasteiger partial charge in [0.05, 0.1) is 17.2 Å². The molecule has 1 aliphatic rings. The van der Waals surface area contributed by atoms with Crippen LogP contribution in [0, 0.1) is 0 Å². The number of ether oxygens (including phenoxy) is 1. The highest BCUT2D eigenvalue weighted by atomic mass is 32.2. The summed E-state index contributed by atoms with van der Waals surface area (Å²) in [5, 5.41) is 5.66. The minimum absolute atomic E-state index is 0.120. The van der Waals surface area contributed by atoms with Crippen molar-refractivity contribution in [3.8, 4) is 0 Å². The first-order valence-electron chi connectivity index (χ1n) is 7.84. The van der Waals surface area contributed by atoms with E-state index in [0.29, 0.717) is 23.6 Å². The van der Waals surface area contributed by atoms with Gasteiger partial charge in [-0.3, -0.25) is 9.59 Å². The largest absolute Gasteiger partial charge is 0.383 e. The number of rotatable bonds is 5. The summed E-state index contributed by atoms with van der Waals surface area (Å²) in [5.41, 5.74) is 2.27. The quantitative estimate of drug-likeness (QED) is 0.639. The van der Waals surface area contributed by atoms with Crippen molar-refractivity contribution >= 4 is 35.3 Å². The zero-order valence-electron chi connectivity index (χ0n) is 13.7. The summed E-state index contributed by atoms with van der Waals surface area (Å²) in [6.07, 6.45) is 1.82. The highest BCUT2D eigenvalue weighted by Gasteiger charge is 2.20. The third kappa shape index (κ3) is 4.29. The van der Waals surface area contributed by atoms with E-state index in [4.69, 9.17) is 4.74 Å². The maximum atomic E-state index is 12.2. The molecule has 3 rings (SSSR count). The van der Waals surface area contributed by atoms with Crippen LogP contribution in [-0.2, 0) is 9.53 Å². The van der Waals surface area contributed by atoms with E-state index in [2.05, 4.69) is 10.6 Å². The number of thioether (sulfide) groups is 1. The molecule has 2 amide bonds. The lowest BCUT2D eigenvalue weighted by Gasteiger charge is -2.18. The predicted octanol–water partition coefficient (Wildman–Crippen LogP) is 3.15. The Morgan fingerprint density at radius 3 is 2.72 bits per heavy atom. The smallest absolute Gasteiger partial charge is 0.262 e. The van der Waals surface area contributed by atoms with E-state index < -0.39 is 0 Å². The Labute approximate surface area is 150 Å². The SMILES string of the molecule is COCCNC(=O)c1ccc(C=C2Sc3ccccc3NC2=O)cc1. The fourth-order valence-electron chi connectivity index (χ4n) is 2.35. The van der Waals surface area contributed by atoms with E-state index in [1.165, 1.54) is 11.8 Å². The molecule has 25 heavy (non-hydrogen) atoms. The van der Waals surface area contributed by atoms with Gasteiger partial charge >= 0.3 is 0 Å². The Bertz CT molecular complexity index is 816. The van der Waals surface area contributed by atoms with Crippen LogP contribution in [0.2, 0.25) is 0 Å². The summed E-state index contributed by atoms with van der Waals surface area (Å²) >= 11 is 1.44. The molecule has 0 unspecified atom stereocenters. The Kier molecular flexibility index (Phi) is 5.53. The maximum absolute atomic E-state index is 12.2. The number of benzene rings is 2. The molecule has 1 aliphatic heterocycles. The van der Waals surface area contributed by atoms with Crippen molar-refractivity contribution < 1.29 is 14.3 Å². The van der Waals surface area contributed by atoms with E-state index in [1.807, 2.05) is 42.5 Å². The average molecular weight is 354 g/mol. The van der Waals surface area contributed by atoms with Crippen molar-refractivity contribution in [3.63, 3.8) is 0 Å². The van der Waals surface area contributed by atoms with E-state index in [1.54, 1.807) is 19.2 Å². The van der Waals surface area contributed by atoms with Crippen LogP contribution in [0.4, 0.5) is 5.69 Å². The molecule has 0 atom stereocenters. The molecule has 0 aromatic heterocycles. The molecular formula is C19H18N2O3S. The van der Waals surface area contributed by atoms with Gasteiger partial charge in [0.1, 0.15) is 0 Å². The first-order valence-corrected chi connectivity index (χ1v) is 8.66. The third-order valence-corrected chi connectivity index (χ3v) is 4.74. The van der Waals surface area contributed by atoms with Gasteiger partial charge in [-0.1, -0.05) is 36.0 Å². The first-order chi connectivity index (χ1) is 12.2. The Morgan fingerprint density at radius 1 is 1.20 bits per heavy atom. The van der Waals surface area contributed by atoms with Gasteiger partial charge < -0.3 is 15.4 Å². The molecule has 0 spiro atoms. The van der Waals surface area contributed by atoms with Crippen LogP contribution in [0.3, 0.4) is 0 Å². The number of carbonyl (C=O) groups excluding carboxylic acids is 2. The molecule has 2 aromatic rings. The first kappa shape index (κ1) is 17.3. The molecular weight excluding hydrogens is 336 g/mol. The van der Waals surface area contributed by atoms with Crippen molar-refractivity contribution in [1.29, 1.82) is 0 Å². The summed E-state index contributed by atoms with van der Waals surface area (Å²) < 4.78 is 4.90. The van der Waals surface area contributed by atoms with E-state index in [-0.39, 0.29) is 11.8 Å². The van der Waals surface area contributed by atoms with Crippen LogP contribution < -0.4 is 10.6 Å². The Hall–Kier alpha value is -2.57. The highest BCUT2D eigenvalue weighted by Crippen LogP contribution is 2.38. The number of para-hydroxylation sites is 1. The number of hydrogen-bond donors (Lipinski definition) is 2. The lowest BCUT2D eigenvalue weighted by Crippen LogP contribution is -2.26. The molecule has 0 radical (unpaired) electrons. The van der Waals surface area contributed by atoms with Gasteiger partial charge in [0.2, 0.25) is 0 Å². The highest BCUT2D eigenvalue weighted by molar-refractivity contribution is 8.04. The lowest BCUT2D eigenvalue weighted by atomic mass is 10.1. The summed E-state index contributed by atoms with van der Waals surface area (Å²) in [5.74, 6) is -0.264. The van der Waals surface area contributed by atoms with Gasteiger partial charge in [0.15, 0.2) is 0 Å². The monoisotopic (exact) mass is 354 g/mol. The van der Waals surface area contributed by atoms with Crippen LogP contribution in [0.25, 0.3) is 6.08 Å².